The van der Waals surface area contributed by atoms with Gasteiger partial charge in [0.2, 0.25) is 6.79 Å². The summed E-state index contributed by atoms with van der Waals surface area (Å²) in [4.78, 5) is 5.11. The number of aryl methyl sites for hydroxylation is 2. The maximum Gasteiger partial charge on any atom is 0.254 e. The van der Waals surface area contributed by atoms with Crippen molar-refractivity contribution in [2.24, 2.45) is 0 Å². The summed E-state index contributed by atoms with van der Waals surface area (Å²) in [6.45, 7) is 27.8. The van der Waals surface area contributed by atoms with Gasteiger partial charge in [0.05, 0.1) is 10.7 Å². The van der Waals surface area contributed by atoms with Gasteiger partial charge in [0.1, 0.15) is 0 Å². The Morgan fingerprint density at radius 2 is 1.22 bits per heavy atom. The van der Waals surface area contributed by atoms with Gasteiger partial charge in [-0.25, -0.2) is 0 Å². The van der Waals surface area contributed by atoms with E-state index in [1.165, 1.54) is 87.7 Å². The van der Waals surface area contributed by atoms with Crippen LogP contribution in [0.25, 0.3) is 10.1 Å². The van der Waals surface area contributed by atoms with Gasteiger partial charge in [0, 0.05) is 33.0 Å². The SMILES string of the molecule is Cc1cc2c3c(c1)N(c1c(C)cc4c(c1C)OCO4)c1sc4ccc(C(C)(C)C)cc4c1B3c1cc(C(C)(C)C)ccc1N2c1ccc(C(C)(C)C)cc1. The molecule has 0 unspecified atom stereocenters. The largest absolute Gasteiger partial charge is 0.454 e. The average Bonchev–Trinajstić information content (AvgIpc) is 3.72. The van der Waals surface area contributed by atoms with Gasteiger partial charge in [-0.05, 0) is 129 Å². The minimum atomic E-state index is -0.00897. The molecule has 4 heterocycles. The van der Waals surface area contributed by atoms with Crippen molar-refractivity contribution in [1.82, 2.24) is 0 Å². The summed E-state index contributed by atoms with van der Waals surface area (Å²) in [5, 5.41) is 2.63. The number of thiophene rings is 1. The first kappa shape index (κ1) is 35.1. The summed E-state index contributed by atoms with van der Waals surface area (Å²) >= 11 is 1.92. The zero-order chi connectivity index (χ0) is 38.2. The number of rotatable bonds is 2. The molecule has 0 amide bonds. The lowest BCUT2D eigenvalue weighted by molar-refractivity contribution is 0.173. The number of hydrogen-bond donors (Lipinski definition) is 0. The highest BCUT2D eigenvalue weighted by molar-refractivity contribution is 7.26. The fourth-order valence-electron chi connectivity index (χ4n) is 8.90. The summed E-state index contributed by atoms with van der Waals surface area (Å²) in [6.07, 6.45) is 0. The van der Waals surface area contributed by atoms with Gasteiger partial charge in [0.15, 0.2) is 11.5 Å². The van der Waals surface area contributed by atoms with E-state index in [0.717, 1.165) is 17.1 Å². The summed E-state index contributed by atoms with van der Waals surface area (Å²) in [7, 11) is 0. The van der Waals surface area contributed by atoms with Gasteiger partial charge >= 0.3 is 0 Å². The van der Waals surface area contributed by atoms with Crippen LogP contribution in [0.3, 0.4) is 0 Å². The molecule has 0 spiro atoms. The van der Waals surface area contributed by atoms with Crippen molar-refractivity contribution in [2.75, 3.05) is 16.6 Å². The molecule has 0 radical (unpaired) electrons. The van der Waals surface area contributed by atoms with Crippen molar-refractivity contribution in [1.29, 1.82) is 0 Å². The lowest BCUT2D eigenvalue weighted by Gasteiger charge is -2.44. The Bertz CT molecular complexity index is 2530. The second-order valence-electron chi connectivity index (χ2n) is 18.8. The molecule has 0 saturated heterocycles. The Kier molecular flexibility index (Phi) is 7.57. The highest BCUT2D eigenvalue weighted by Gasteiger charge is 2.46. The monoisotopic (exact) mass is 730 g/mol. The van der Waals surface area contributed by atoms with Gasteiger partial charge < -0.3 is 19.3 Å². The number of benzene rings is 5. The Morgan fingerprint density at radius 3 is 1.89 bits per heavy atom. The maximum absolute atomic E-state index is 6.15. The van der Waals surface area contributed by atoms with E-state index in [0.29, 0.717) is 0 Å². The smallest absolute Gasteiger partial charge is 0.254 e. The van der Waals surface area contributed by atoms with Crippen molar-refractivity contribution < 1.29 is 9.47 Å². The molecule has 3 aliphatic rings. The molecule has 54 heavy (non-hydrogen) atoms. The van der Waals surface area contributed by atoms with Crippen LogP contribution in [0.2, 0.25) is 0 Å². The first-order valence-corrected chi connectivity index (χ1v) is 20.2. The Morgan fingerprint density at radius 1 is 0.611 bits per heavy atom. The van der Waals surface area contributed by atoms with Gasteiger partial charge in [-0.3, -0.25) is 0 Å². The molecule has 0 fully saturated rings. The maximum atomic E-state index is 6.15. The van der Waals surface area contributed by atoms with Gasteiger partial charge in [-0.1, -0.05) is 98.7 Å². The van der Waals surface area contributed by atoms with E-state index in [4.69, 9.17) is 9.47 Å². The molecule has 0 N–H and O–H groups in total. The zero-order valence-electron chi connectivity index (χ0n) is 33.9. The lowest BCUT2D eigenvalue weighted by Crippen LogP contribution is -2.61. The highest BCUT2D eigenvalue weighted by Crippen LogP contribution is 2.52. The van der Waals surface area contributed by atoms with Crippen molar-refractivity contribution in [3.8, 4) is 11.5 Å². The quantitative estimate of drug-likeness (QED) is 0.165. The highest BCUT2D eigenvalue weighted by atomic mass is 32.1. The molecule has 0 saturated carbocycles. The van der Waals surface area contributed by atoms with E-state index in [-0.39, 0.29) is 29.8 Å². The molecule has 3 aliphatic heterocycles. The average molecular weight is 731 g/mol. The second kappa shape index (κ2) is 11.7. The number of nitrogens with zero attached hydrogens (tertiary/aromatic N) is 2. The predicted molar refractivity (Wildman–Crippen MR) is 232 cm³/mol. The first-order chi connectivity index (χ1) is 25.4. The van der Waals surface area contributed by atoms with E-state index in [2.05, 4.69) is 172 Å². The first-order valence-electron chi connectivity index (χ1n) is 19.4. The topological polar surface area (TPSA) is 24.9 Å². The van der Waals surface area contributed by atoms with Crippen LogP contribution in [-0.4, -0.2) is 13.5 Å². The fourth-order valence-corrected chi connectivity index (χ4v) is 10.1. The van der Waals surface area contributed by atoms with Gasteiger partial charge in [0.25, 0.3) is 6.71 Å². The summed E-state index contributed by atoms with van der Waals surface area (Å²) in [5.41, 5.74) is 17.8. The van der Waals surface area contributed by atoms with Crippen molar-refractivity contribution in [3.63, 3.8) is 0 Å². The minimum Gasteiger partial charge on any atom is -0.454 e. The van der Waals surface area contributed by atoms with Gasteiger partial charge in [-0.2, -0.15) is 0 Å². The molecule has 6 aromatic rings. The lowest BCUT2D eigenvalue weighted by atomic mass is 9.33. The molecule has 1 aromatic heterocycles. The van der Waals surface area contributed by atoms with E-state index in [1.54, 1.807) is 0 Å². The second-order valence-corrected chi connectivity index (χ2v) is 19.9. The van der Waals surface area contributed by atoms with Crippen LogP contribution < -0.4 is 35.7 Å². The molecular formula is C48H51BN2O2S. The molecule has 4 nitrogen and oxygen atoms in total. The normalized spacial score (nSPS) is 14.8. The minimum absolute atomic E-state index is 0.00897. The molecule has 274 valence electrons. The van der Waals surface area contributed by atoms with Crippen molar-refractivity contribution in [2.45, 2.75) is 99.3 Å². The summed E-state index contributed by atoms with van der Waals surface area (Å²) < 4.78 is 13.4. The molecular weight excluding hydrogens is 679 g/mol. The third kappa shape index (κ3) is 5.23. The van der Waals surface area contributed by atoms with Gasteiger partial charge in [-0.15, -0.1) is 11.3 Å². The molecule has 6 heteroatoms. The van der Waals surface area contributed by atoms with Crippen molar-refractivity contribution >= 4 is 78.0 Å². The molecule has 5 aromatic carbocycles. The molecule has 0 bridgehead atoms. The third-order valence-electron chi connectivity index (χ3n) is 11.8. The van der Waals surface area contributed by atoms with Crippen LogP contribution >= 0.6 is 11.3 Å². The molecule has 9 rings (SSSR count). The fraction of sp³-hybridized carbons (Fsp3) is 0.333. The van der Waals surface area contributed by atoms with Crippen LogP contribution in [0, 0.1) is 20.8 Å². The summed E-state index contributed by atoms with van der Waals surface area (Å²) in [6, 6.07) is 30.8. The van der Waals surface area contributed by atoms with Crippen LogP contribution in [0.4, 0.5) is 33.4 Å². The van der Waals surface area contributed by atoms with E-state index in [9.17, 15) is 0 Å². The number of fused-ring (bicyclic) bond motifs is 7. The zero-order valence-corrected chi connectivity index (χ0v) is 34.7. The standard InChI is InChI=1S/C48H51BN2O2S/c1-27-21-37-42-38(22-27)51(43-28(2)23-39-44(29(43)3)53-26-52-39)45-41(34-24-31(47(7,8)9)16-20-40(34)54-45)49(42)35-25-32(48(10,11)12)15-19-36(35)50(37)33-17-13-30(14-18-33)46(4,5)6/h13-25H,26H2,1-12H3. The Labute approximate surface area is 325 Å². The predicted octanol–water partition coefficient (Wildman–Crippen LogP) is 11.5. The Hall–Kier alpha value is -4.68. The van der Waals surface area contributed by atoms with Crippen LogP contribution in [-0.2, 0) is 16.2 Å². The van der Waals surface area contributed by atoms with E-state index < -0.39 is 0 Å². The molecule has 0 aliphatic carbocycles. The van der Waals surface area contributed by atoms with E-state index >= 15 is 0 Å². The third-order valence-corrected chi connectivity index (χ3v) is 13.0. The van der Waals surface area contributed by atoms with Crippen LogP contribution in [0.15, 0.2) is 78.9 Å². The van der Waals surface area contributed by atoms with Crippen LogP contribution in [0.5, 0.6) is 11.5 Å². The molecule has 0 atom stereocenters. The number of anilines is 6. The number of hydrogen-bond acceptors (Lipinski definition) is 5. The Balaban J connectivity index is 1.42. The number of ether oxygens (including phenoxy) is 2. The summed E-state index contributed by atoms with van der Waals surface area (Å²) in [5.74, 6) is 1.67. The van der Waals surface area contributed by atoms with Crippen LogP contribution in [0.1, 0.15) is 95.7 Å². The van der Waals surface area contributed by atoms with Crippen molar-refractivity contribution in [3.05, 3.63) is 112 Å². The van der Waals surface area contributed by atoms with E-state index in [1.807, 2.05) is 11.3 Å².